The van der Waals surface area contributed by atoms with Crippen LogP contribution in [0, 0.1) is 10.6 Å². The molecule has 2 rings (SSSR count). The number of nitrogens with zero attached hydrogens (tertiary/aromatic N) is 1. The molecular weight excluding hydrogens is 320 g/mol. The van der Waals surface area contributed by atoms with E-state index in [0.29, 0.717) is 0 Å². The molecule has 0 N–H and O–H groups in total. The van der Waals surface area contributed by atoms with Gasteiger partial charge in [-0.15, -0.1) is 0 Å². The normalized spacial score (nSPS) is 10.3. The number of hydrogen-bond acceptors (Lipinski definition) is 1. The number of rotatable bonds is 1. The number of halogens is 2. The predicted octanol–water partition coefficient (Wildman–Crippen LogP) is 4.32. The Balaban J connectivity index is 2.49. The Morgan fingerprint density at radius 2 is 1.73 bits per heavy atom. The van der Waals surface area contributed by atoms with Crippen LogP contribution in [0.15, 0.2) is 36.4 Å². The zero-order valence-corrected chi connectivity index (χ0v) is 11.1. The van der Waals surface area contributed by atoms with Crippen molar-refractivity contribution < 1.29 is 0 Å². The quantitative estimate of drug-likeness (QED) is 0.561. The lowest BCUT2D eigenvalue weighted by Crippen LogP contribution is -1.87. The molecule has 0 bridgehead atoms. The van der Waals surface area contributed by atoms with E-state index in [1.807, 2.05) is 31.2 Å². The highest BCUT2D eigenvalue weighted by molar-refractivity contribution is 14.1. The number of benzene rings is 1. The standard InChI is InChI=1S/C12H9ClIN/c1-8-6-10(7-12(14)15-8)9-2-4-11(13)5-3-9/h2-7H,1H3. The molecule has 3 heteroatoms. The minimum Gasteiger partial charge on any atom is -0.247 e. The van der Waals surface area contributed by atoms with Gasteiger partial charge < -0.3 is 0 Å². The molecule has 0 aliphatic rings. The Kier molecular flexibility index (Phi) is 3.26. The molecule has 0 saturated heterocycles. The van der Waals surface area contributed by atoms with Crippen molar-refractivity contribution in [3.63, 3.8) is 0 Å². The van der Waals surface area contributed by atoms with Crippen LogP contribution in [0.1, 0.15) is 5.69 Å². The van der Waals surface area contributed by atoms with Crippen LogP contribution in [0.4, 0.5) is 0 Å². The van der Waals surface area contributed by atoms with Crippen LogP contribution in [0.5, 0.6) is 0 Å². The summed E-state index contributed by atoms with van der Waals surface area (Å²) in [6, 6.07) is 12.0. The molecule has 0 radical (unpaired) electrons. The third-order valence-electron chi connectivity index (χ3n) is 2.10. The lowest BCUT2D eigenvalue weighted by Gasteiger charge is -2.03. The van der Waals surface area contributed by atoms with E-state index in [1.54, 1.807) is 0 Å². The molecular formula is C12H9ClIN. The Morgan fingerprint density at radius 3 is 2.33 bits per heavy atom. The topological polar surface area (TPSA) is 12.9 Å². The highest BCUT2D eigenvalue weighted by Crippen LogP contribution is 2.23. The van der Waals surface area contributed by atoms with Crippen LogP contribution in [-0.2, 0) is 0 Å². The average molecular weight is 330 g/mol. The summed E-state index contributed by atoms with van der Waals surface area (Å²) in [7, 11) is 0. The van der Waals surface area contributed by atoms with Gasteiger partial charge in [0.2, 0.25) is 0 Å². The molecule has 1 aromatic heterocycles. The first kappa shape index (κ1) is 10.9. The van der Waals surface area contributed by atoms with Crippen LogP contribution >= 0.6 is 34.2 Å². The van der Waals surface area contributed by atoms with Gasteiger partial charge in [-0.25, -0.2) is 4.98 Å². The van der Waals surface area contributed by atoms with E-state index in [0.717, 1.165) is 14.4 Å². The first-order valence-corrected chi connectivity index (χ1v) is 6.01. The first-order valence-electron chi connectivity index (χ1n) is 4.55. The third kappa shape index (κ3) is 2.69. The van der Waals surface area contributed by atoms with Crippen molar-refractivity contribution in [1.29, 1.82) is 0 Å². The van der Waals surface area contributed by atoms with E-state index in [-0.39, 0.29) is 0 Å². The van der Waals surface area contributed by atoms with Gasteiger partial charge in [-0.05, 0) is 64.9 Å². The fraction of sp³-hybridized carbons (Fsp3) is 0.0833. The molecule has 1 nitrogen and oxygen atoms in total. The van der Waals surface area contributed by atoms with Gasteiger partial charge in [0.15, 0.2) is 0 Å². The molecule has 76 valence electrons. The zero-order chi connectivity index (χ0) is 10.8. The molecule has 2 aromatic rings. The number of hydrogen-bond donors (Lipinski definition) is 0. The minimum absolute atomic E-state index is 0.763. The fourth-order valence-electron chi connectivity index (χ4n) is 1.44. The van der Waals surface area contributed by atoms with Crippen LogP contribution in [0.3, 0.4) is 0 Å². The molecule has 0 amide bonds. The second kappa shape index (κ2) is 4.49. The van der Waals surface area contributed by atoms with E-state index < -0.39 is 0 Å². The second-order valence-electron chi connectivity index (χ2n) is 3.33. The number of pyridine rings is 1. The summed E-state index contributed by atoms with van der Waals surface area (Å²) >= 11 is 8.08. The average Bonchev–Trinajstić information content (AvgIpc) is 2.17. The van der Waals surface area contributed by atoms with Crippen LogP contribution in [0.25, 0.3) is 11.1 Å². The van der Waals surface area contributed by atoms with Crippen molar-refractivity contribution in [1.82, 2.24) is 4.98 Å². The van der Waals surface area contributed by atoms with Gasteiger partial charge in [0.25, 0.3) is 0 Å². The highest BCUT2D eigenvalue weighted by Gasteiger charge is 2.00. The smallest absolute Gasteiger partial charge is 0.102 e. The summed E-state index contributed by atoms with van der Waals surface area (Å²) in [6.45, 7) is 2.00. The molecule has 0 saturated carbocycles. The molecule has 0 aliphatic heterocycles. The van der Waals surface area contributed by atoms with Gasteiger partial charge >= 0.3 is 0 Å². The molecule has 0 atom stereocenters. The summed E-state index contributed by atoms with van der Waals surface area (Å²) < 4.78 is 1.01. The zero-order valence-electron chi connectivity index (χ0n) is 8.17. The number of aryl methyl sites for hydroxylation is 1. The second-order valence-corrected chi connectivity index (χ2v) is 4.87. The Bertz CT molecular complexity index is 459. The van der Waals surface area contributed by atoms with Crippen LogP contribution in [-0.4, -0.2) is 4.98 Å². The van der Waals surface area contributed by atoms with Gasteiger partial charge in [0, 0.05) is 10.7 Å². The van der Waals surface area contributed by atoms with Gasteiger partial charge in [0.05, 0.1) is 0 Å². The minimum atomic E-state index is 0.763. The van der Waals surface area contributed by atoms with Gasteiger partial charge in [0.1, 0.15) is 3.70 Å². The molecule has 15 heavy (non-hydrogen) atoms. The lowest BCUT2D eigenvalue weighted by molar-refractivity contribution is 1.17. The first-order chi connectivity index (χ1) is 7.15. The molecule has 0 fully saturated rings. The van der Waals surface area contributed by atoms with Crippen molar-refractivity contribution in [2.75, 3.05) is 0 Å². The molecule has 1 heterocycles. The molecule has 0 spiro atoms. The van der Waals surface area contributed by atoms with Gasteiger partial charge in [-0.1, -0.05) is 23.7 Å². The summed E-state index contributed by atoms with van der Waals surface area (Å²) in [4.78, 5) is 4.34. The van der Waals surface area contributed by atoms with Crippen molar-refractivity contribution in [2.45, 2.75) is 6.92 Å². The SMILES string of the molecule is Cc1cc(-c2ccc(Cl)cc2)cc(I)n1. The van der Waals surface area contributed by atoms with Crippen molar-refractivity contribution in [2.24, 2.45) is 0 Å². The third-order valence-corrected chi connectivity index (χ3v) is 2.90. The van der Waals surface area contributed by atoms with Crippen molar-refractivity contribution in [3.05, 3.63) is 50.8 Å². The van der Waals surface area contributed by atoms with Crippen molar-refractivity contribution in [3.8, 4) is 11.1 Å². The maximum atomic E-state index is 5.85. The summed E-state index contributed by atoms with van der Waals surface area (Å²) in [5.74, 6) is 0. The highest BCUT2D eigenvalue weighted by atomic mass is 127. The van der Waals surface area contributed by atoms with Crippen molar-refractivity contribution >= 4 is 34.2 Å². The van der Waals surface area contributed by atoms with E-state index in [2.05, 4.69) is 39.7 Å². The van der Waals surface area contributed by atoms with Crippen LogP contribution < -0.4 is 0 Å². The Morgan fingerprint density at radius 1 is 1.07 bits per heavy atom. The summed E-state index contributed by atoms with van der Waals surface area (Å²) in [6.07, 6.45) is 0. The molecule has 0 aliphatic carbocycles. The van der Waals surface area contributed by atoms with E-state index in [9.17, 15) is 0 Å². The van der Waals surface area contributed by atoms with Crippen LogP contribution in [0.2, 0.25) is 5.02 Å². The molecule has 1 aromatic carbocycles. The monoisotopic (exact) mass is 329 g/mol. The van der Waals surface area contributed by atoms with Gasteiger partial charge in [-0.3, -0.25) is 0 Å². The van der Waals surface area contributed by atoms with Gasteiger partial charge in [-0.2, -0.15) is 0 Å². The Labute approximate surface area is 108 Å². The predicted molar refractivity (Wildman–Crippen MR) is 72.1 cm³/mol. The fourth-order valence-corrected chi connectivity index (χ4v) is 2.28. The number of aromatic nitrogens is 1. The van der Waals surface area contributed by atoms with E-state index in [4.69, 9.17) is 11.6 Å². The largest absolute Gasteiger partial charge is 0.247 e. The Hall–Kier alpha value is -0.610. The van der Waals surface area contributed by atoms with E-state index in [1.165, 1.54) is 11.1 Å². The summed E-state index contributed by atoms with van der Waals surface area (Å²) in [5, 5.41) is 0.763. The maximum absolute atomic E-state index is 5.85. The molecule has 0 unspecified atom stereocenters. The maximum Gasteiger partial charge on any atom is 0.102 e. The summed E-state index contributed by atoms with van der Waals surface area (Å²) in [5.41, 5.74) is 3.39. The lowest BCUT2D eigenvalue weighted by atomic mass is 10.1. The van der Waals surface area contributed by atoms with E-state index >= 15 is 0 Å².